The molecule has 1 aromatic carbocycles. The number of oxazole rings is 1. The molecule has 1 heterocycles. The SMILES string of the molecule is CCOC(=O)c1nc([C@@]2(Cc3cccc(Br)c3)CC[C@H](NS(C)(=O)=O)C2)oc1C. The van der Waals surface area contributed by atoms with Gasteiger partial charge in [0.05, 0.1) is 18.3 Å². The number of nitrogens with one attached hydrogen (secondary N) is 1. The summed E-state index contributed by atoms with van der Waals surface area (Å²) >= 11 is 3.50. The summed E-state index contributed by atoms with van der Waals surface area (Å²) in [5.74, 6) is 0.351. The van der Waals surface area contributed by atoms with Crippen LogP contribution in [0.15, 0.2) is 33.2 Å². The molecule has 1 fully saturated rings. The number of aryl methyl sites for hydroxylation is 1. The predicted molar refractivity (Wildman–Crippen MR) is 112 cm³/mol. The van der Waals surface area contributed by atoms with E-state index >= 15 is 0 Å². The van der Waals surface area contributed by atoms with Crippen LogP contribution in [0.3, 0.4) is 0 Å². The second kappa shape index (κ2) is 8.57. The number of halogens is 1. The molecule has 2 aromatic rings. The third kappa shape index (κ3) is 5.26. The van der Waals surface area contributed by atoms with Crippen LogP contribution in [0.4, 0.5) is 0 Å². The molecule has 1 aliphatic carbocycles. The number of rotatable bonds is 7. The summed E-state index contributed by atoms with van der Waals surface area (Å²) in [5.41, 5.74) is 0.737. The molecule has 0 unspecified atom stereocenters. The molecule has 1 aromatic heterocycles. The topological polar surface area (TPSA) is 98.5 Å². The lowest BCUT2D eigenvalue weighted by molar-refractivity contribution is 0.0518. The number of aromatic nitrogens is 1. The van der Waals surface area contributed by atoms with Crippen LogP contribution in [-0.2, 0) is 26.6 Å². The minimum absolute atomic E-state index is 0.176. The minimum Gasteiger partial charge on any atom is -0.461 e. The number of hydrogen-bond acceptors (Lipinski definition) is 6. The fourth-order valence-electron chi connectivity index (χ4n) is 4.01. The largest absolute Gasteiger partial charge is 0.461 e. The van der Waals surface area contributed by atoms with Gasteiger partial charge in [0.2, 0.25) is 15.9 Å². The van der Waals surface area contributed by atoms with Gasteiger partial charge in [-0.05, 0) is 57.2 Å². The Morgan fingerprint density at radius 3 is 2.86 bits per heavy atom. The fraction of sp³-hybridized carbons (Fsp3) is 0.500. The molecule has 0 aliphatic heterocycles. The second-order valence-electron chi connectivity index (χ2n) is 7.56. The Morgan fingerprint density at radius 1 is 1.45 bits per heavy atom. The molecule has 158 valence electrons. The summed E-state index contributed by atoms with van der Waals surface area (Å²) in [6.07, 6.45) is 3.67. The van der Waals surface area contributed by atoms with E-state index in [1.54, 1.807) is 13.8 Å². The molecular formula is C20H25BrN2O5S. The van der Waals surface area contributed by atoms with Crippen molar-refractivity contribution in [3.63, 3.8) is 0 Å². The van der Waals surface area contributed by atoms with Crippen molar-refractivity contribution in [1.29, 1.82) is 0 Å². The van der Waals surface area contributed by atoms with E-state index in [0.29, 0.717) is 37.3 Å². The van der Waals surface area contributed by atoms with Crippen LogP contribution in [-0.4, -0.2) is 38.3 Å². The number of carbonyl (C=O) groups excluding carboxylic acids is 1. The number of carbonyl (C=O) groups is 1. The van der Waals surface area contributed by atoms with Gasteiger partial charge in [-0.25, -0.2) is 22.9 Å². The smallest absolute Gasteiger partial charge is 0.360 e. The molecule has 1 N–H and O–H groups in total. The van der Waals surface area contributed by atoms with Gasteiger partial charge in [-0.2, -0.15) is 0 Å². The Hall–Kier alpha value is -1.71. The van der Waals surface area contributed by atoms with Crippen LogP contribution >= 0.6 is 15.9 Å². The van der Waals surface area contributed by atoms with Crippen molar-refractivity contribution < 1.29 is 22.4 Å². The first kappa shape index (κ1) is 22.0. The molecule has 1 saturated carbocycles. The molecule has 1 aliphatic rings. The lowest BCUT2D eigenvalue weighted by Gasteiger charge is -2.26. The van der Waals surface area contributed by atoms with Crippen molar-refractivity contribution in [2.75, 3.05) is 12.9 Å². The molecule has 0 spiro atoms. The Kier molecular flexibility index (Phi) is 6.50. The zero-order chi connectivity index (χ0) is 21.2. The van der Waals surface area contributed by atoms with E-state index in [2.05, 4.69) is 25.6 Å². The van der Waals surface area contributed by atoms with Gasteiger partial charge in [-0.1, -0.05) is 28.1 Å². The van der Waals surface area contributed by atoms with Crippen molar-refractivity contribution in [2.24, 2.45) is 0 Å². The van der Waals surface area contributed by atoms with E-state index in [1.807, 2.05) is 24.3 Å². The number of ether oxygens (including phenoxy) is 1. The highest BCUT2D eigenvalue weighted by Crippen LogP contribution is 2.44. The third-order valence-electron chi connectivity index (χ3n) is 5.14. The molecular weight excluding hydrogens is 460 g/mol. The van der Waals surface area contributed by atoms with Crippen molar-refractivity contribution in [1.82, 2.24) is 9.71 Å². The Balaban J connectivity index is 1.98. The van der Waals surface area contributed by atoms with Crippen LogP contribution in [0.2, 0.25) is 0 Å². The second-order valence-corrected chi connectivity index (χ2v) is 10.3. The van der Waals surface area contributed by atoms with Crippen LogP contribution in [0.25, 0.3) is 0 Å². The highest BCUT2D eigenvalue weighted by Gasteiger charge is 2.45. The molecule has 9 heteroatoms. The maximum absolute atomic E-state index is 12.2. The first-order chi connectivity index (χ1) is 13.6. The lowest BCUT2D eigenvalue weighted by Crippen LogP contribution is -2.35. The van der Waals surface area contributed by atoms with Gasteiger partial charge in [0.15, 0.2) is 5.69 Å². The maximum atomic E-state index is 12.2. The van der Waals surface area contributed by atoms with E-state index < -0.39 is 21.4 Å². The molecule has 0 saturated heterocycles. The summed E-state index contributed by atoms with van der Waals surface area (Å²) in [7, 11) is -3.33. The summed E-state index contributed by atoms with van der Waals surface area (Å²) in [5, 5.41) is 0. The molecule has 3 rings (SSSR count). The van der Waals surface area contributed by atoms with Gasteiger partial charge < -0.3 is 9.15 Å². The molecule has 0 radical (unpaired) electrons. The van der Waals surface area contributed by atoms with Crippen LogP contribution in [0, 0.1) is 6.92 Å². The average Bonchev–Trinajstić information content (AvgIpc) is 3.18. The highest BCUT2D eigenvalue weighted by molar-refractivity contribution is 9.10. The summed E-state index contributed by atoms with van der Waals surface area (Å²) in [4.78, 5) is 16.7. The van der Waals surface area contributed by atoms with Crippen molar-refractivity contribution in [3.05, 3.63) is 51.6 Å². The van der Waals surface area contributed by atoms with Crippen molar-refractivity contribution in [2.45, 2.75) is 51.0 Å². The van der Waals surface area contributed by atoms with E-state index in [4.69, 9.17) is 9.15 Å². The van der Waals surface area contributed by atoms with Crippen LogP contribution in [0.5, 0.6) is 0 Å². The molecule has 7 nitrogen and oxygen atoms in total. The highest BCUT2D eigenvalue weighted by atomic mass is 79.9. The standard InChI is InChI=1S/C20H25BrN2O5S/c1-4-27-18(24)17-13(2)28-19(22-17)20(11-14-6-5-7-15(21)10-14)9-8-16(12-20)23-29(3,25)26/h5-7,10,16,23H,4,8-9,11-12H2,1-3H3/t16-,20+/m0/s1. The van der Waals surface area contributed by atoms with Gasteiger partial charge in [-0.15, -0.1) is 0 Å². The summed E-state index contributed by atoms with van der Waals surface area (Å²) in [6.45, 7) is 3.68. The number of nitrogens with zero attached hydrogens (tertiary/aromatic N) is 1. The Bertz CT molecular complexity index is 1000. The summed E-state index contributed by atoms with van der Waals surface area (Å²) in [6, 6.07) is 7.74. The number of sulfonamides is 1. The number of hydrogen-bond donors (Lipinski definition) is 1. The van der Waals surface area contributed by atoms with Crippen molar-refractivity contribution >= 4 is 31.9 Å². The van der Waals surface area contributed by atoms with Crippen LogP contribution in [0.1, 0.15) is 53.9 Å². The lowest BCUT2D eigenvalue weighted by atomic mass is 9.79. The predicted octanol–water partition coefficient (Wildman–Crippen LogP) is 3.50. The molecule has 2 atom stereocenters. The summed E-state index contributed by atoms with van der Waals surface area (Å²) < 4.78 is 38.2. The molecule has 29 heavy (non-hydrogen) atoms. The number of esters is 1. The Morgan fingerprint density at radius 2 is 2.21 bits per heavy atom. The third-order valence-corrected chi connectivity index (χ3v) is 6.39. The normalized spacial score (nSPS) is 22.0. The molecule has 0 amide bonds. The van der Waals surface area contributed by atoms with Gasteiger partial charge in [0, 0.05) is 10.5 Å². The molecule has 0 bridgehead atoms. The zero-order valence-corrected chi connectivity index (χ0v) is 19.1. The van der Waals surface area contributed by atoms with E-state index in [9.17, 15) is 13.2 Å². The van der Waals surface area contributed by atoms with Gasteiger partial charge in [0.1, 0.15) is 5.76 Å². The number of benzene rings is 1. The first-order valence-corrected chi connectivity index (χ1v) is 12.2. The van der Waals surface area contributed by atoms with Gasteiger partial charge in [-0.3, -0.25) is 0 Å². The first-order valence-electron chi connectivity index (χ1n) is 9.48. The fourth-order valence-corrected chi connectivity index (χ4v) is 5.26. The monoisotopic (exact) mass is 484 g/mol. The minimum atomic E-state index is -3.33. The van der Waals surface area contributed by atoms with Crippen molar-refractivity contribution in [3.8, 4) is 0 Å². The van der Waals surface area contributed by atoms with E-state index in [1.165, 1.54) is 0 Å². The van der Waals surface area contributed by atoms with Gasteiger partial charge >= 0.3 is 5.97 Å². The maximum Gasteiger partial charge on any atom is 0.360 e. The quantitative estimate of drug-likeness (QED) is 0.603. The average molecular weight is 485 g/mol. The Labute approximate surface area is 179 Å². The van der Waals surface area contributed by atoms with Crippen LogP contribution < -0.4 is 4.72 Å². The van der Waals surface area contributed by atoms with E-state index in [-0.39, 0.29) is 18.3 Å². The zero-order valence-electron chi connectivity index (χ0n) is 16.7. The van der Waals surface area contributed by atoms with E-state index in [0.717, 1.165) is 16.3 Å². The van der Waals surface area contributed by atoms with Gasteiger partial charge in [0.25, 0.3) is 0 Å².